The van der Waals surface area contributed by atoms with Crippen LogP contribution in [0.2, 0.25) is 0 Å². The van der Waals surface area contributed by atoms with Crippen molar-refractivity contribution in [2.24, 2.45) is 0 Å². The van der Waals surface area contributed by atoms with Crippen LogP contribution < -0.4 is 38.4 Å². The van der Waals surface area contributed by atoms with Crippen LogP contribution >= 0.6 is 30.4 Å². The zero-order chi connectivity index (χ0) is 24.8. The minimum absolute atomic E-state index is 0. The van der Waals surface area contributed by atoms with Crippen molar-refractivity contribution in [1.82, 2.24) is 0 Å². The summed E-state index contributed by atoms with van der Waals surface area (Å²) < 4.78 is 51.5. The Labute approximate surface area is 230 Å². The second kappa shape index (κ2) is 16.2. The van der Waals surface area contributed by atoms with Crippen LogP contribution in [-0.2, 0) is 69.5 Å². The predicted octanol–water partition coefficient (Wildman–Crippen LogP) is -2.39. The molecule has 0 saturated heterocycles. The Morgan fingerprint density at radius 3 is 0.971 bits per heavy atom. The zero-order valence-electron chi connectivity index (χ0n) is 16.6. The third-order valence-electron chi connectivity index (χ3n) is 3.08. The molecular formula is C14H14Fe3O14P4. The second-order valence-corrected chi connectivity index (χ2v) is 13.1. The first-order valence-corrected chi connectivity index (χ1v) is 14.4. The number of aliphatic hydroxyl groups is 2. The van der Waals surface area contributed by atoms with Crippen LogP contribution in [0.3, 0.4) is 0 Å². The van der Waals surface area contributed by atoms with Gasteiger partial charge < -0.3 is 57.8 Å². The molecule has 35 heavy (non-hydrogen) atoms. The van der Waals surface area contributed by atoms with Gasteiger partial charge in [-0.25, -0.2) is 0 Å². The molecule has 4 unspecified atom stereocenters. The molecule has 21 heteroatoms. The molecule has 2 rings (SSSR count). The van der Waals surface area contributed by atoms with E-state index in [4.69, 9.17) is 10.2 Å². The van der Waals surface area contributed by atoms with Crippen LogP contribution in [0.1, 0.15) is 0 Å². The molecule has 2 aromatic rings. The van der Waals surface area contributed by atoms with Crippen LogP contribution in [0.4, 0.5) is 0 Å². The SMILES string of the molecule is O=P([O-])([O-])C(O)P(=O)([O-])Oc1ccccc1.O=P([O-])([O-])C(O)P(=O)([O-])Oc1ccccc1.[Fe+2].[Fe+2].[Fe+2]. The standard InChI is InChI=1S/2C7H10O7P2.3Fe/c2*8-7(15(9,10)11)16(12,13)14-6-4-2-1-3-5-6;;;/h2*1-5,7-8H,(H,12,13)(H2,9,10,11);;;/q;;3*+2/p-6. The average Bonchev–Trinajstić information content (AvgIpc) is 2.67. The monoisotopic (exact) mass is 698 g/mol. The molecule has 0 fully saturated rings. The molecule has 0 aliphatic rings. The van der Waals surface area contributed by atoms with E-state index in [0.29, 0.717) is 0 Å². The molecule has 14 nitrogen and oxygen atoms in total. The molecule has 0 spiro atoms. The summed E-state index contributed by atoms with van der Waals surface area (Å²) in [6.07, 6.45) is 0. The van der Waals surface area contributed by atoms with Crippen LogP contribution in [-0.4, -0.2) is 21.4 Å². The molecule has 0 radical (unpaired) electrons. The molecule has 2 aromatic carbocycles. The van der Waals surface area contributed by atoms with Crippen molar-refractivity contribution in [2.75, 3.05) is 0 Å². The molecule has 0 aliphatic carbocycles. The Hall–Kier alpha value is 0.198. The van der Waals surface area contributed by atoms with Gasteiger partial charge in [0.1, 0.15) is 11.5 Å². The maximum absolute atomic E-state index is 11.1. The van der Waals surface area contributed by atoms with E-state index in [1.165, 1.54) is 48.5 Å². The third kappa shape index (κ3) is 14.1. The van der Waals surface area contributed by atoms with Crippen molar-refractivity contribution >= 4 is 30.4 Å². The molecule has 0 bridgehead atoms. The molecule has 198 valence electrons. The van der Waals surface area contributed by atoms with Gasteiger partial charge in [0.05, 0.1) is 0 Å². The second-order valence-electron chi connectivity index (χ2n) is 5.66. The number of rotatable bonds is 8. The van der Waals surface area contributed by atoms with Crippen LogP contribution in [0.15, 0.2) is 60.7 Å². The quantitative estimate of drug-likeness (QED) is 0.215. The molecular weight excluding hydrogens is 684 g/mol. The smallest absolute Gasteiger partial charge is 0.809 e. The van der Waals surface area contributed by atoms with E-state index in [9.17, 15) is 47.6 Å². The summed E-state index contributed by atoms with van der Waals surface area (Å²) in [5.41, 5.74) is -6.17. The first-order valence-electron chi connectivity index (χ1n) is 7.97. The molecule has 0 amide bonds. The van der Waals surface area contributed by atoms with E-state index >= 15 is 0 Å². The third-order valence-corrected chi connectivity index (χ3v) is 9.67. The molecule has 0 heterocycles. The number of hydrogen-bond donors (Lipinski definition) is 2. The van der Waals surface area contributed by atoms with Gasteiger partial charge in [-0.3, -0.25) is 9.13 Å². The van der Waals surface area contributed by atoms with Gasteiger partial charge in [0.15, 0.2) is 11.2 Å². The minimum atomic E-state index is -5.66. The van der Waals surface area contributed by atoms with E-state index in [0.717, 1.165) is 0 Å². The van der Waals surface area contributed by atoms with Crippen molar-refractivity contribution in [3.05, 3.63) is 60.7 Å². The van der Waals surface area contributed by atoms with Crippen molar-refractivity contribution in [2.45, 2.75) is 11.2 Å². The molecule has 2 N–H and O–H groups in total. The number of para-hydroxylation sites is 2. The van der Waals surface area contributed by atoms with Crippen molar-refractivity contribution < 1.29 is 118 Å². The Balaban J connectivity index is -0.000000539. The van der Waals surface area contributed by atoms with E-state index in [-0.39, 0.29) is 62.7 Å². The van der Waals surface area contributed by atoms with Crippen LogP contribution in [0.25, 0.3) is 0 Å². The van der Waals surface area contributed by atoms with Crippen LogP contribution in [0, 0.1) is 0 Å². The molecule has 0 saturated carbocycles. The first kappa shape index (κ1) is 39.7. The summed E-state index contributed by atoms with van der Waals surface area (Å²) >= 11 is 0. The molecule has 0 aliphatic heterocycles. The Bertz CT molecular complexity index is 979. The summed E-state index contributed by atoms with van der Waals surface area (Å²) in [5, 5.41) is 17.6. The molecule has 4 atom stereocenters. The van der Waals surface area contributed by atoms with Gasteiger partial charge in [0, 0.05) is 0 Å². The maximum Gasteiger partial charge on any atom is 2.00 e. The fourth-order valence-electron chi connectivity index (χ4n) is 1.70. The summed E-state index contributed by atoms with van der Waals surface area (Å²) in [5.74, 6) is -0.373. The Morgan fingerprint density at radius 1 is 0.543 bits per heavy atom. The summed E-state index contributed by atoms with van der Waals surface area (Å²) in [7, 11) is -21.7. The summed E-state index contributed by atoms with van der Waals surface area (Å²) in [6, 6.07) is 13.8. The fraction of sp³-hybridized carbons (Fsp3) is 0.143. The Morgan fingerprint density at radius 2 is 0.771 bits per heavy atom. The van der Waals surface area contributed by atoms with E-state index < -0.39 is 41.6 Å². The minimum Gasteiger partial charge on any atom is -0.809 e. The van der Waals surface area contributed by atoms with Crippen molar-refractivity contribution in [3.63, 3.8) is 0 Å². The van der Waals surface area contributed by atoms with Gasteiger partial charge in [-0.05, 0) is 39.5 Å². The van der Waals surface area contributed by atoms with Gasteiger partial charge in [-0.15, -0.1) is 0 Å². The van der Waals surface area contributed by atoms with Gasteiger partial charge in [0.2, 0.25) is 15.2 Å². The average molecular weight is 698 g/mol. The fourth-order valence-corrected chi connectivity index (χ4v) is 5.77. The Kier molecular flexibility index (Phi) is 18.4. The van der Waals surface area contributed by atoms with Gasteiger partial charge in [-0.2, -0.15) is 0 Å². The number of hydrogen-bond acceptors (Lipinski definition) is 14. The number of benzene rings is 2. The van der Waals surface area contributed by atoms with Gasteiger partial charge >= 0.3 is 51.2 Å². The first-order chi connectivity index (χ1) is 14.5. The van der Waals surface area contributed by atoms with E-state index in [1.54, 1.807) is 12.1 Å². The maximum atomic E-state index is 11.1. The molecule has 0 aromatic heterocycles. The topological polar surface area (TPSA) is 266 Å². The normalized spacial score (nSPS) is 16.0. The van der Waals surface area contributed by atoms with Gasteiger partial charge in [0.25, 0.3) is 0 Å². The van der Waals surface area contributed by atoms with Crippen LogP contribution in [0.5, 0.6) is 11.5 Å². The predicted molar refractivity (Wildman–Crippen MR) is 96.6 cm³/mol. The van der Waals surface area contributed by atoms with E-state index in [2.05, 4.69) is 9.05 Å². The van der Waals surface area contributed by atoms with E-state index in [1.807, 2.05) is 0 Å². The van der Waals surface area contributed by atoms with Gasteiger partial charge in [-0.1, -0.05) is 36.4 Å². The zero-order valence-corrected chi connectivity index (χ0v) is 23.5. The van der Waals surface area contributed by atoms with Crippen molar-refractivity contribution in [3.8, 4) is 11.5 Å². The largest absolute Gasteiger partial charge is 2.00 e. The number of aliphatic hydroxyl groups excluding tert-OH is 2. The van der Waals surface area contributed by atoms with Crippen molar-refractivity contribution in [1.29, 1.82) is 0 Å². The summed E-state index contributed by atoms with van der Waals surface area (Å²) in [4.78, 5) is 63.6. The summed E-state index contributed by atoms with van der Waals surface area (Å²) in [6.45, 7) is 0.